The minimum Gasteiger partial charge on any atom is -0.507 e. The molecule has 3 aromatic rings. The molecule has 0 fully saturated rings. The average molecular weight is 505 g/mol. The zero-order valence-electron chi connectivity index (χ0n) is 19.9. The molecule has 2 amide bonds. The van der Waals surface area contributed by atoms with Crippen molar-refractivity contribution in [3.8, 4) is 28.4 Å². The Bertz CT molecular complexity index is 1090. The van der Waals surface area contributed by atoms with E-state index in [2.05, 4.69) is 5.32 Å². The fourth-order valence-electron chi connectivity index (χ4n) is 2.72. The Morgan fingerprint density at radius 3 is 2.00 bits per heavy atom. The van der Waals surface area contributed by atoms with Crippen LogP contribution in [0.2, 0.25) is 10.0 Å². The van der Waals surface area contributed by atoms with E-state index >= 15 is 0 Å². The van der Waals surface area contributed by atoms with E-state index in [0.717, 1.165) is 0 Å². The summed E-state index contributed by atoms with van der Waals surface area (Å²) in [5.41, 5.74) is 7.24. The number of rotatable bonds is 6. The SMILES string of the molecule is CC.CC.CCC(=O)Nc1cc(Cl)c(Oc2ccc(O)c(-c3ccc(C(N)=O)cc3)c2)c(Cl)c1. The third-order valence-corrected chi connectivity index (χ3v) is 4.83. The number of anilines is 1. The highest BCUT2D eigenvalue weighted by Crippen LogP contribution is 2.41. The van der Waals surface area contributed by atoms with Gasteiger partial charge in [-0.15, -0.1) is 0 Å². The Labute approximate surface area is 210 Å². The van der Waals surface area contributed by atoms with Gasteiger partial charge in [0.2, 0.25) is 11.8 Å². The zero-order chi connectivity index (χ0) is 25.8. The van der Waals surface area contributed by atoms with Crippen molar-refractivity contribution in [3.63, 3.8) is 0 Å². The maximum Gasteiger partial charge on any atom is 0.248 e. The molecule has 0 radical (unpaired) electrons. The van der Waals surface area contributed by atoms with Crippen molar-refractivity contribution in [1.29, 1.82) is 0 Å². The van der Waals surface area contributed by atoms with E-state index in [-0.39, 0.29) is 27.5 Å². The van der Waals surface area contributed by atoms with Crippen LogP contribution in [0.5, 0.6) is 17.2 Å². The van der Waals surface area contributed by atoms with Gasteiger partial charge in [0.05, 0.1) is 10.0 Å². The molecule has 34 heavy (non-hydrogen) atoms. The largest absolute Gasteiger partial charge is 0.507 e. The van der Waals surface area contributed by atoms with E-state index in [1.165, 1.54) is 6.07 Å². The number of phenolic OH excluding ortho intramolecular Hbond substituents is 1. The second-order valence-electron chi connectivity index (χ2n) is 6.39. The van der Waals surface area contributed by atoms with Gasteiger partial charge in [0.1, 0.15) is 11.5 Å². The van der Waals surface area contributed by atoms with Crippen LogP contribution >= 0.6 is 23.2 Å². The first kappa shape index (κ1) is 28.8. The third kappa shape index (κ3) is 7.68. The first-order chi connectivity index (χ1) is 16.3. The first-order valence-corrected chi connectivity index (χ1v) is 11.7. The van der Waals surface area contributed by atoms with Crippen LogP contribution in [-0.4, -0.2) is 16.9 Å². The van der Waals surface area contributed by atoms with Crippen LogP contribution in [0.4, 0.5) is 5.69 Å². The Morgan fingerprint density at radius 2 is 1.50 bits per heavy atom. The van der Waals surface area contributed by atoms with E-state index in [4.69, 9.17) is 33.7 Å². The molecule has 0 bridgehead atoms. The number of hydrogen-bond donors (Lipinski definition) is 3. The lowest BCUT2D eigenvalue weighted by Gasteiger charge is -2.14. The second-order valence-corrected chi connectivity index (χ2v) is 7.21. The summed E-state index contributed by atoms with van der Waals surface area (Å²) in [6.07, 6.45) is 0.324. The summed E-state index contributed by atoms with van der Waals surface area (Å²) >= 11 is 12.6. The van der Waals surface area contributed by atoms with Crippen LogP contribution in [0.15, 0.2) is 54.6 Å². The number of amides is 2. The summed E-state index contributed by atoms with van der Waals surface area (Å²) in [6, 6.07) is 14.2. The molecule has 0 spiro atoms. The molecule has 0 aliphatic rings. The van der Waals surface area contributed by atoms with Gasteiger partial charge in [0.15, 0.2) is 5.75 Å². The number of halogens is 2. The van der Waals surface area contributed by atoms with Gasteiger partial charge in [0, 0.05) is 23.2 Å². The zero-order valence-corrected chi connectivity index (χ0v) is 21.4. The fraction of sp³-hybridized carbons (Fsp3) is 0.231. The first-order valence-electron chi connectivity index (χ1n) is 11.0. The van der Waals surface area contributed by atoms with Crippen molar-refractivity contribution < 1.29 is 19.4 Å². The quantitative estimate of drug-likeness (QED) is 0.320. The molecule has 3 aromatic carbocycles. The molecule has 0 atom stereocenters. The predicted molar refractivity (Wildman–Crippen MR) is 140 cm³/mol. The molecular weight excluding hydrogens is 475 g/mol. The van der Waals surface area contributed by atoms with Gasteiger partial charge >= 0.3 is 0 Å². The van der Waals surface area contributed by atoms with Gasteiger partial charge in [0.25, 0.3) is 0 Å². The Kier molecular flexibility index (Phi) is 12.0. The normalized spacial score (nSPS) is 9.62. The Morgan fingerprint density at radius 1 is 0.941 bits per heavy atom. The van der Waals surface area contributed by atoms with Crippen molar-refractivity contribution >= 4 is 40.7 Å². The van der Waals surface area contributed by atoms with Gasteiger partial charge in [-0.05, 0) is 48.0 Å². The van der Waals surface area contributed by atoms with Crippen LogP contribution in [0.3, 0.4) is 0 Å². The predicted octanol–water partition coefficient (Wildman–Crippen LogP) is 7.66. The highest BCUT2D eigenvalue weighted by atomic mass is 35.5. The van der Waals surface area contributed by atoms with Crippen LogP contribution in [0.1, 0.15) is 51.4 Å². The second kappa shape index (κ2) is 14.1. The van der Waals surface area contributed by atoms with Gasteiger partial charge in [-0.2, -0.15) is 0 Å². The highest BCUT2D eigenvalue weighted by Gasteiger charge is 2.14. The lowest BCUT2D eigenvalue weighted by Crippen LogP contribution is -2.10. The van der Waals surface area contributed by atoms with E-state index in [9.17, 15) is 14.7 Å². The molecule has 0 unspecified atom stereocenters. The fourth-order valence-corrected chi connectivity index (χ4v) is 3.28. The molecule has 0 saturated carbocycles. The van der Waals surface area contributed by atoms with Crippen LogP contribution in [0, 0.1) is 0 Å². The summed E-state index contributed by atoms with van der Waals surface area (Å²) in [4.78, 5) is 22.8. The van der Waals surface area contributed by atoms with E-state index in [1.807, 2.05) is 27.7 Å². The molecule has 0 aliphatic carbocycles. The number of aromatic hydroxyl groups is 1. The van der Waals surface area contributed by atoms with Gasteiger partial charge in [-0.1, -0.05) is 70.0 Å². The Hall–Kier alpha value is -3.22. The summed E-state index contributed by atoms with van der Waals surface area (Å²) < 4.78 is 5.84. The van der Waals surface area contributed by atoms with Crippen molar-refractivity contribution in [2.24, 2.45) is 5.73 Å². The van der Waals surface area contributed by atoms with Gasteiger partial charge in [-0.25, -0.2) is 0 Å². The van der Waals surface area contributed by atoms with E-state index < -0.39 is 5.91 Å². The molecular formula is C26H30Cl2N2O4. The number of phenols is 1. The topological polar surface area (TPSA) is 102 Å². The van der Waals surface area contributed by atoms with Crippen LogP contribution in [-0.2, 0) is 4.79 Å². The smallest absolute Gasteiger partial charge is 0.248 e. The standard InChI is InChI=1S/C22H18Cl2N2O4.2C2H6/c1-2-20(28)26-14-9-17(23)21(18(24)10-14)30-15-7-8-19(27)16(11-15)12-3-5-13(6-4-12)22(25)29;2*1-2/h3-11,27H,2H2,1H3,(H2,25,29)(H,26,28);2*1-2H3. The molecule has 0 saturated heterocycles. The molecule has 0 aliphatic heterocycles. The number of nitrogens with two attached hydrogens (primary N) is 1. The maximum atomic E-state index is 11.6. The highest BCUT2D eigenvalue weighted by molar-refractivity contribution is 6.37. The number of benzene rings is 3. The monoisotopic (exact) mass is 504 g/mol. The van der Waals surface area contributed by atoms with Crippen LogP contribution < -0.4 is 15.8 Å². The van der Waals surface area contributed by atoms with Gasteiger partial charge < -0.3 is 20.9 Å². The summed E-state index contributed by atoms with van der Waals surface area (Å²) in [5.74, 6) is -0.0690. The number of hydrogen-bond acceptors (Lipinski definition) is 4. The maximum absolute atomic E-state index is 11.6. The van der Waals surface area contributed by atoms with Crippen molar-refractivity contribution in [3.05, 3.63) is 70.2 Å². The number of nitrogens with one attached hydrogen (secondary N) is 1. The summed E-state index contributed by atoms with van der Waals surface area (Å²) in [6.45, 7) is 9.74. The Balaban J connectivity index is 0.00000137. The number of carbonyl (C=O) groups excluding carboxylic acids is 2. The molecule has 3 rings (SSSR count). The van der Waals surface area contributed by atoms with Crippen molar-refractivity contribution in [2.75, 3.05) is 5.32 Å². The number of ether oxygens (including phenoxy) is 1. The third-order valence-electron chi connectivity index (χ3n) is 4.27. The van der Waals surface area contributed by atoms with Crippen molar-refractivity contribution in [2.45, 2.75) is 41.0 Å². The van der Waals surface area contributed by atoms with E-state index in [0.29, 0.717) is 34.5 Å². The molecule has 4 N–H and O–H groups in total. The van der Waals surface area contributed by atoms with Crippen LogP contribution in [0.25, 0.3) is 11.1 Å². The minimum atomic E-state index is -0.536. The number of primary amides is 1. The average Bonchev–Trinajstić information content (AvgIpc) is 2.85. The van der Waals surface area contributed by atoms with Gasteiger partial charge in [-0.3, -0.25) is 9.59 Å². The lowest BCUT2D eigenvalue weighted by molar-refractivity contribution is -0.115. The minimum absolute atomic E-state index is 0.0315. The van der Waals surface area contributed by atoms with Crippen molar-refractivity contribution in [1.82, 2.24) is 0 Å². The van der Waals surface area contributed by atoms with E-state index in [1.54, 1.807) is 55.5 Å². The molecule has 182 valence electrons. The molecule has 0 aromatic heterocycles. The molecule has 8 heteroatoms. The molecule has 0 heterocycles. The number of carbonyl (C=O) groups is 2. The molecule has 6 nitrogen and oxygen atoms in total. The lowest BCUT2D eigenvalue weighted by atomic mass is 10.0. The summed E-state index contributed by atoms with van der Waals surface area (Å²) in [5, 5.41) is 13.4. The summed E-state index contributed by atoms with van der Waals surface area (Å²) in [7, 11) is 0.